The first-order chi connectivity index (χ1) is 7.47. The molecule has 16 heavy (non-hydrogen) atoms. The van der Waals surface area contributed by atoms with E-state index in [2.05, 4.69) is 0 Å². The molecule has 5 nitrogen and oxygen atoms in total. The topological polar surface area (TPSA) is 87.0 Å². The van der Waals surface area contributed by atoms with Gasteiger partial charge in [0.15, 0.2) is 6.10 Å². The Balaban J connectivity index is 3.06. The number of benzene rings is 1. The van der Waals surface area contributed by atoms with E-state index in [0.29, 0.717) is 16.9 Å². The van der Waals surface area contributed by atoms with Gasteiger partial charge in [-0.25, -0.2) is 4.79 Å². The average Bonchev–Trinajstić information content (AvgIpc) is 2.27. The Morgan fingerprint density at radius 3 is 2.50 bits per heavy atom. The van der Waals surface area contributed by atoms with Crippen molar-refractivity contribution in [1.29, 1.82) is 0 Å². The highest BCUT2D eigenvalue weighted by Gasteiger charge is 2.26. The first kappa shape index (κ1) is 12.5. The Bertz CT molecular complexity index is 388. The molecule has 2 atom stereocenters. The van der Waals surface area contributed by atoms with Crippen molar-refractivity contribution in [1.82, 2.24) is 0 Å². The molecular weight excluding hydrogens is 212 g/mol. The van der Waals surface area contributed by atoms with Crippen molar-refractivity contribution in [2.24, 2.45) is 0 Å². The lowest BCUT2D eigenvalue weighted by Gasteiger charge is -2.17. The Kier molecular flexibility index (Phi) is 3.87. The van der Waals surface area contributed by atoms with Gasteiger partial charge in [-0.15, -0.1) is 0 Å². The maximum absolute atomic E-state index is 10.5. The molecule has 0 spiro atoms. The molecule has 1 aromatic carbocycles. The van der Waals surface area contributed by atoms with E-state index in [1.54, 1.807) is 19.1 Å². The molecule has 0 radical (unpaired) electrons. The number of aliphatic hydroxyl groups is 2. The van der Waals surface area contributed by atoms with Gasteiger partial charge in [-0.05, 0) is 30.2 Å². The summed E-state index contributed by atoms with van der Waals surface area (Å²) < 4.78 is 4.96. The molecule has 1 aromatic rings. The molecule has 1 rings (SSSR count). The van der Waals surface area contributed by atoms with Gasteiger partial charge in [0.1, 0.15) is 11.9 Å². The molecule has 2 unspecified atom stereocenters. The fraction of sp³-hybridized carbons (Fsp3) is 0.364. The summed E-state index contributed by atoms with van der Waals surface area (Å²) in [6.45, 7) is 1.71. The Morgan fingerprint density at radius 2 is 2.00 bits per heavy atom. The highest BCUT2D eigenvalue weighted by molar-refractivity contribution is 5.73. The van der Waals surface area contributed by atoms with Gasteiger partial charge in [0, 0.05) is 0 Å². The zero-order valence-corrected chi connectivity index (χ0v) is 9.04. The Hall–Kier alpha value is -1.59. The second kappa shape index (κ2) is 4.96. The molecule has 0 bridgehead atoms. The predicted octanol–water partition coefficient (Wildman–Crippen LogP) is 0.483. The van der Waals surface area contributed by atoms with Crippen molar-refractivity contribution in [3.05, 3.63) is 29.3 Å². The number of hydrogen-bond donors (Lipinski definition) is 3. The summed E-state index contributed by atoms with van der Waals surface area (Å²) in [7, 11) is 1.47. The van der Waals surface area contributed by atoms with Crippen molar-refractivity contribution in [2.75, 3.05) is 7.11 Å². The third-order valence-electron chi connectivity index (χ3n) is 2.36. The van der Waals surface area contributed by atoms with Crippen LogP contribution < -0.4 is 4.74 Å². The van der Waals surface area contributed by atoms with Crippen LogP contribution >= 0.6 is 0 Å². The van der Waals surface area contributed by atoms with Gasteiger partial charge in [-0.3, -0.25) is 0 Å². The molecule has 0 aliphatic carbocycles. The maximum Gasteiger partial charge on any atom is 0.335 e. The van der Waals surface area contributed by atoms with Crippen molar-refractivity contribution in [3.63, 3.8) is 0 Å². The minimum atomic E-state index is -1.84. The molecule has 0 aromatic heterocycles. The summed E-state index contributed by atoms with van der Waals surface area (Å²) in [5.74, 6) is -0.966. The highest BCUT2D eigenvalue weighted by atomic mass is 16.5. The number of rotatable bonds is 4. The third-order valence-corrected chi connectivity index (χ3v) is 2.36. The van der Waals surface area contributed by atoms with Gasteiger partial charge < -0.3 is 20.1 Å². The van der Waals surface area contributed by atoms with E-state index in [9.17, 15) is 15.0 Å². The van der Waals surface area contributed by atoms with Crippen LogP contribution in [0.2, 0.25) is 0 Å². The second-order valence-corrected chi connectivity index (χ2v) is 3.45. The van der Waals surface area contributed by atoms with Crippen LogP contribution in [0.25, 0.3) is 0 Å². The first-order valence-electron chi connectivity index (χ1n) is 4.71. The van der Waals surface area contributed by atoms with Gasteiger partial charge >= 0.3 is 5.97 Å². The lowest BCUT2D eigenvalue weighted by Crippen LogP contribution is -2.27. The minimum absolute atomic E-state index is 0.342. The number of carboxylic acid groups (broad SMARTS) is 1. The molecule has 0 aliphatic rings. The van der Waals surface area contributed by atoms with E-state index in [-0.39, 0.29) is 0 Å². The SMILES string of the molecule is COc1ccc(C)c(C(O)C(O)C(=O)O)c1. The Morgan fingerprint density at radius 1 is 1.38 bits per heavy atom. The van der Waals surface area contributed by atoms with Crippen LogP contribution in [0.5, 0.6) is 5.75 Å². The van der Waals surface area contributed by atoms with Crippen LogP contribution in [0.1, 0.15) is 17.2 Å². The van der Waals surface area contributed by atoms with E-state index in [1.807, 2.05) is 0 Å². The monoisotopic (exact) mass is 226 g/mol. The smallest absolute Gasteiger partial charge is 0.335 e. The molecular formula is C11H14O5. The fourth-order valence-corrected chi connectivity index (χ4v) is 1.37. The lowest BCUT2D eigenvalue weighted by molar-refractivity contribution is -0.153. The number of hydrogen-bond acceptors (Lipinski definition) is 4. The van der Waals surface area contributed by atoms with E-state index in [1.165, 1.54) is 13.2 Å². The van der Waals surface area contributed by atoms with Crippen molar-refractivity contribution < 1.29 is 24.9 Å². The zero-order valence-electron chi connectivity index (χ0n) is 9.04. The summed E-state index contributed by atoms with van der Waals surface area (Å²) in [4.78, 5) is 10.5. The summed E-state index contributed by atoms with van der Waals surface area (Å²) in [6, 6.07) is 4.89. The molecule has 5 heteroatoms. The Labute approximate surface area is 92.9 Å². The van der Waals surface area contributed by atoms with Crippen molar-refractivity contribution in [2.45, 2.75) is 19.1 Å². The number of ether oxygens (including phenoxy) is 1. The molecule has 0 fully saturated rings. The quantitative estimate of drug-likeness (QED) is 0.695. The second-order valence-electron chi connectivity index (χ2n) is 3.45. The maximum atomic E-state index is 10.5. The third kappa shape index (κ3) is 2.50. The predicted molar refractivity (Wildman–Crippen MR) is 56.3 cm³/mol. The molecule has 0 heterocycles. The van der Waals surface area contributed by atoms with Crippen molar-refractivity contribution in [3.8, 4) is 5.75 Å². The van der Waals surface area contributed by atoms with Crippen LogP contribution in [-0.2, 0) is 4.79 Å². The summed E-state index contributed by atoms with van der Waals surface area (Å²) in [6.07, 6.45) is -3.31. The zero-order chi connectivity index (χ0) is 12.3. The summed E-state index contributed by atoms with van der Waals surface area (Å²) >= 11 is 0. The van der Waals surface area contributed by atoms with E-state index in [4.69, 9.17) is 9.84 Å². The van der Waals surface area contributed by atoms with Crippen molar-refractivity contribution >= 4 is 5.97 Å². The first-order valence-corrected chi connectivity index (χ1v) is 4.71. The number of methoxy groups -OCH3 is 1. The molecule has 3 N–H and O–H groups in total. The lowest BCUT2D eigenvalue weighted by atomic mass is 9.99. The van der Waals surface area contributed by atoms with Crippen LogP contribution in [-0.4, -0.2) is 34.5 Å². The number of aliphatic carboxylic acids is 1. The van der Waals surface area contributed by atoms with Gasteiger partial charge in [0.05, 0.1) is 7.11 Å². The van der Waals surface area contributed by atoms with Crippen LogP contribution in [0.3, 0.4) is 0 Å². The van der Waals surface area contributed by atoms with Gasteiger partial charge in [-0.1, -0.05) is 6.07 Å². The molecule has 0 saturated heterocycles. The van der Waals surface area contributed by atoms with E-state index < -0.39 is 18.2 Å². The number of aliphatic hydroxyl groups excluding tert-OH is 2. The molecule has 0 aliphatic heterocycles. The average molecular weight is 226 g/mol. The normalized spacial score (nSPS) is 14.2. The van der Waals surface area contributed by atoms with Crippen LogP contribution in [0.4, 0.5) is 0 Å². The molecule has 0 saturated carbocycles. The fourth-order valence-electron chi connectivity index (χ4n) is 1.37. The van der Waals surface area contributed by atoms with Gasteiger partial charge in [0.2, 0.25) is 0 Å². The number of carboxylic acids is 1. The summed E-state index contributed by atoms with van der Waals surface area (Å²) in [5.41, 5.74) is 1.03. The van der Waals surface area contributed by atoms with Gasteiger partial charge in [-0.2, -0.15) is 0 Å². The molecule has 0 amide bonds. The number of aryl methyl sites for hydroxylation is 1. The van der Waals surface area contributed by atoms with Crippen LogP contribution in [0.15, 0.2) is 18.2 Å². The van der Waals surface area contributed by atoms with Gasteiger partial charge in [0.25, 0.3) is 0 Å². The summed E-state index contributed by atoms with van der Waals surface area (Å²) in [5, 5.41) is 27.5. The van der Waals surface area contributed by atoms with Crippen LogP contribution in [0, 0.1) is 6.92 Å². The van der Waals surface area contributed by atoms with E-state index >= 15 is 0 Å². The van der Waals surface area contributed by atoms with E-state index in [0.717, 1.165) is 0 Å². The minimum Gasteiger partial charge on any atom is -0.497 e. The standard InChI is InChI=1S/C11H14O5/c1-6-3-4-7(16-2)5-8(6)9(12)10(13)11(14)15/h3-5,9-10,12-13H,1-2H3,(H,14,15). The molecule has 88 valence electrons. The largest absolute Gasteiger partial charge is 0.497 e. The number of carbonyl (C=O) groups is 1. The highest BCUT2D eigenvalue weighted by Crippen LogP contribution is 2.25.